The maximum Gasteiger partial charge on any atom is 0.345 e. The van der Waals surface area contributed by atoms with Crippen LogP contribution < -0.4 is 19.6 Å². The number of nitrogens with one attached hydrogen (secondary N) is 1. The third-order valence-corrected chi connectivity index (χ3v) is 4.93. The van der Waals surface area contributed by atoms with E-state index in [0.29, 0.717) is 11.3 Å². The van der Waals surface area contributed by atoms with E-state index in [9.17, 15) is 19.7 Å². The number of carbonyl (C=O) groups excluding carboxylic acids is 2. The van der Waals surface area contributed by atoms with Crippen LogP contribution in [0.5, 0.6) is 17.2 Å². The van der Waals surface area contributed by atoms with Gasteiger partial charge in [-0.1, -0.05) is 23.7 Å². The molecule has 11 heteroatoms. The number of nitro groups is 1. The SMILES string of the molecule is COc1cc(/C=N/NC(=O)C(C)Oc2ccc([N+](=O)[O-])cc2)ccc1OC(=O)c1ccccc1Cl. The predicted molar refractivity (Wildman–Crippen MR) is 128 cm³/mol. The molecule has 0 aliphatic rings. The monoisotopic (exact) mass is 497 g/mol. The number of hydrazone groups is 1. The van der Waals surface area contributed by atoms with E-state index in [1.165, 1.54) is 50.6 Å². The molecule has 0 bridgehead atoms. The first-order chi connectivity index (χ1) is 16.8. The summed E-state index contributed by atoms with van der Waals surface area (Å²) in [4.78, 5) is 34.8. The molecule has 1 amide bonds. The molecule has 3 rings (SSSR count). The molecule has 35 heavy (non-hydrogen) atoms. The minimum Gasteiger partial charge on any atom is -0.493 e. The zero-order chi connectivity index (χ0) is 25.4. The summed E-state index contributed by atoms with van der Waals surface area (Å²) in [5.41, 5.74) is 3.04. The zero-order valence-corrected chi connectivity index (χ0v) is 19.4. The third kappa shape index (κ3) is 6.78. The van der Waals surface area contributed by atoms with E-state index in [0.717, 1.165) is 0 Å². The molecular formula is C24H20ClN3O7. The van der Waals surface area contributed by atoms with E-state index in [-0.39, 0.29) is 27.8 Å². The van der Waals surface area contributed by atoms with Gasteiger partial charge in [-0.05, 0) is 55.0 Å². The fraction of sp³-hybridized carbons (Fsp3) is 0.125. The number of non-ortho nitro benzene ring substituents is 1. The average molecular weight is 498 g/mol. The number of hydrogen-bond donors (Lipinski definition) is 1. The largest absolute Gasteiger partial charge is 0.493 e. The second-order valence-electron chi connectivity index (χ2n) is 7.03. The number of esters is 1. The Labute approximate surface area is 205 Å². The summed E-state index contributed by atoms with van der Waals surface area (Å²) in [6.45, 7) is 1.51. The summed E-state index contributed by atoms with van der Waals surface area (Å²) in [5.74, 6) is -0.408. The van der Waals surface area contributed by atoms with Crippen LogP contribution in [0.3, 0.4) is 0 Å². The van der Waals surface area contributed by atoms with Crippen molar-refractivity contribution in [3.8, 4) is 17.2 Å². The van der Waals surface area contributed by atoms with Crippen molar-refractivity contribution in [3.05, 3.63) is 93.0 Å². The van der Waals surface area contributed by atoms with Crippen molar-refractivity contribution in [2.24, 2.45) is 5.10 Å². The maximum atomic E-state index is 12.4. The first-order valence-corrected chi connectivity index (χ1v) is 10.5. The van der Waals surface area contributed by atoms with Crippen molar-refractivity contribution >= 4 is 35.4 Å². The van der Waals surface area contributed by atoms with E-state index < -0.39 is 22.9 Å². The summed E-state index contributed by atoms with van der Waals surface area (Å²) in [6, 6.07) is 16.6. The van der Waals surface area contributed by atoms with Crippen LogP contribution in [0, 0.1) is 10.1 Å². The Morgan fingerprint density at radius 3 is 2.46 bits per heavy atom. The lowest BCUT2D eigenvalue weighted by Gasteiger charge is -2.12. The molecule has 0 heterocycles. The molecule has 0 aliphatic carbocycles. The Bertz CT molecular complexity index is 1260. The Balaban J connectivity index is 1.59. The predicted octanol–water partition coefficient (Wildman–Crippen LogP) is 4.39. The van der Waals surface area contributed by atoms with Gasteiger partial charge in [0.15, 0.2) is 17.6 Å². The van der Waals surface area contributed by atoms with E-state index in [4.69, 9.17) is 25.8 Å². The normalized spacial score (nSPS) is 11.5. The van der Waals surface area contributed by atoms with Crippen molar-refractivity contribution in [2.45, 2.75) is 13.0 Å². The van der Waals surface area contributed by atoms with Crippen LogP contribution >= 0.6 is 11.6 Å². The number of hydrogen-bond acceptors (Lipinski definition) is 8. The van der Waals surface area contributed by atoms with Gasteiger partial charge in [0, 0.05) is 12.1 Å². The topological polar surface area (TPSA) is 129 Å². The summed E-state index contributed by atoms with van der Waals surface area (Å²) in [7, 11) is 1.42. The fourth-order valence-corrected chi connectivity index (χ4v) is 3.01. The minimum atomic E-state index is -0.908. The summed E-state index contributed by atoms with van der Waals surface area (Å²) >= 11 is 6.03. The molecule has 0 saturated heterocycles. The van der Waals surface area contributed by atoms with E-state index in [2.05, 4.69) is 10.5 Å². The van der Waals surface area contributed by atoms with Crippen LogP contribution in [0.1, 0.15) is 22.8 Å². The summed E-state index contributed by atoms with van der Waals surface area (Å²) < 4.78 is 16.1. The van der Waals surface area contributed by atoms with Crippen LogP contribution in [0.25, 0.3) is 0 Å². The number of amides is 1. The van der Waals surface area contributed by atoms with Gasteiger partial charge in [-0.15, -0.1) is 0 Å². The van der Waals surface area contributed by atoms with Gasteiger partial charge in [0.05, 0.1) is 28.8 Å². The number of benzene rings is 3. The summed E-state index contributed by atoms with van der Waals surface area (Å²) in [5, 5.41) is 14.9. The highest BCUT2D eigenvalue weighted by molar-refractivity contribution is 6.33. The molecule has 3 aromatic carbocycles. The smallest absolute Gasteiger partial charge is 0.345 e. The second kappa shape index (κ2) is 11.6. The highest BCUT2D eigenvalue weighted by Gasteiger charge is 2.16. The third-order valence-electron chi connectivity index (χ3n) is 4.60. The van der Waals surface area contributed by atoms with Crippen LogP contribution in [0.4, 0.5) is 5.69 Å². The number of carbonyl (C=O) groups is 2. The molecule has 0 fully saturated rings. The zero-order valence-electron chi connectivity index (χ0n) is 18.6. The van der Waals surface area contributed by atoms with Gasteiger partial charge in [0.25, 0.3) is 11.6 Å². The highest BCUT2D eigenvalue weighted by atomic mass is 35.5. The molecule has 3 aromatic rings. The van der Waals surface area contributed by atoms with Gasteiger partial charge in [0.2, 0.25) is 0 Å². The highest BCUT2D eigenvalue weighted by Crippen LogP contribution is 2.29. The van der Waals surface area contributed by atoms with Gasteiger partial charge in [-0.3, -0.25) is 14.9 Å². The van der Waals surface area contributed by atoms with Crippen molar-refractivity contribution in [2.75, 3.05) is 7.11 Å². The van der Waals surface area contributed by atoms with Crippen LogP contribution in [0.2, 0.25) is 5.02 Å². The van der Waals surface area contributed by atoms with Gasteiger partial charge >= 0.3 is 5.97 Å². The number of nitrogens with zero attached hydrogens (tertiary/aromatic N) is 2. The quantitative estimate of drug-likeness (QED) is 0.152. The lowest BCUT2D eigenvalue weighted by Crippen LogP contribution is -2.33. The first kappa shape index (κ1) is 25.2. The molecule has 0 saturated carbocycles. The van der Waals surface area contributed by atoms with Crippen molar-refractivity contribution in [1.82, 2.24) is 5.43 Å². The minimum absolute atomic E-state index is 0.0841. The number of rotatable bonds is 9. The fourth-order valence-electron chi connectivity index (χ4n) is 2.80. The lowest BCUT2D eigenvalue weighted by molar-refractivity contribution is -0.384. The van der Waals surface area contributed by atoms with E-state index >= 15 is 0 Å². The molecule has 0 radical (unpaired) electrons. The van der Waals surface area contributed by atoms with Gasteiger partial charge in [-0.2, -0.15) is 5.10 Å². The van der Waals surface area contributed by atoms with E-state index in [1.807, 2.05) is 0 Å². The lowest BCUT2D eigenvalue weighted by atomic mass is 10.2. The average Bonchev–Trinajstić information content (AvgIpc) is 2.85. The Kier molecular flexibility index (Phi) is 8.36. The molecule has 1 atom stereocenters. The molecule has 10 nitrogen and oxygen atoms in total. The number of nitro benzene ring substituents is 1. The van der Waals surface area contributed by atoms with Gasteiger partial charge in [0.1, 0.15) is 5.75 Å². The Morgan fingerprint density at radius 2 is 1.80 bits per heavy atom. The molecular weight excluding hydrogens is 478 g/mol. The number of methoxy groups -OCH3 is 1. The standard InChI is InChI=1S/C24H20ClN3O7/c1-15(34-18-10-8-17(9-11-18)28(31)32)23(29)27-26-14-16-7-12-21(22(13-16)33-2)35-24(30)19-5-3-4-6-20(19)25/h3-15H,1-2H3,(H,27,29)/b26-14+. The van der Waals surface area contributed by atoms with Gasteiger partial charge < -0.3 is 14.2 Å². The van der Waals surface area contributed by atoms with E-state index in [1.54, 1.807) is 36.4 Å². The van der Waals surface area contributed by atoms with Gasteiger partial charge in [-0.25, -0.2) is 10.2 Å². The molecule has 1 N–H and O–H groups in total. The van der Waals surface area contributed by atoms with Crippen molar-refractivity contribution in [3.63, 3.8) is 0 Å². The molecule has 0 aliphatic heterocycles. The second-order valence-corrected chi connectivity index (χ2v) is 7.43. The molecule has 180 valence electrons. The Hall–Kier alpha value is -4.44. The maximum absolute atomic E-state index is 12.4. The van der Waals surface area contributed by atoms with Crippen LogP contribution in [-0.2, 0) is 4.79 Å². The van der Waals surface area contributed by atoms with Crippen molar-refractivity contribution < 1.29 is 28.7 Å². The first-order valence-electron chi connectivity index (χ1n) is 10.2. The summed E-state index contributed by atoms with van der Waals surface area (Å²) in [6.07, 6.45) is 0.466. The molecule has 0 spiro atoms. The number of ether oxygens (including phenoxy) is 3. The number of halogens is 1. The van der Waals surface area contributed by atoms with Crippen LogP contribution in [-0.4, -0.2) is 36.2 Å². The van der Waals surface area contributed by atoms with Crippen LogP contribution in [0.15, 0.2) is 71.8 Å². The van der Waals surface area contributed by atoms with Crippen molar-refractivity contribution in [1.29, 1.82) is 0 Å². The molecule has 1 unspecified atom stereocenters. The Morgan fingerprint density at radius 1 is 1.09 bits per heavy atom. The molecule has 0 aromatic heterocycles.